The van der Waals surface area contributed by atoms with Crippen LogP contribution in [0.4, 0.5) is 0 Å². The first-order chi connectivity index (χ1) is 26.2. The zero-order chi connectivity index (χ0) is 35.1. The molecular formula is C48H30N4O. The number of furan rings is 1. The average Bonchev–Trinajstić information content (AvgIpc) is 3.62. The molecule has 0 N–H and O–H groups in total. The predicted molar refractivity (Wildman–Crippen MR) is 215 cm³/mol. The molecule has 0 amide bonds. The molecule has 0 radical (unpaired) electrons. The standard InChI is InChI=1S/C48H30N4O/c1-3-11-32(12-4-1)38-21-22-43(40-16-8-7-15-39(38)40)48-51-46(33-13-5-2-6-14-33)50-47(52-48)37-28-35(31-23-25-49-26-24-31)27-36(29-37)34-19-20-42-41-17-9-10-18-44(41)53-45(42)30-34/h1-30H. The molecule has 3 aromatic heterocycles. The number of rotatable bonds is 6. The smallest absolute Gasteiger partial charge is 0.164 e. The van der Waals surface area contributed by atoms with Crippen LogP contribution in [-0.2, 0) is 0 Å². The Morgan fingerprint density at radius 2 is 0.849 bits per heavy atom. The summed E-state index contributed by atoms with van der Waals surface area (Å²) < 4.78 is 6.30. The van der Waals surface area contributed by atoms with Crippen LogP contribution in [0.1, 0.15) is 0 Å². The van der Waals surface area contributed by atoms with E-state index in [1.807, 2.05) is 79.1 Å². The molecule has 0 saturated heterocycles. The van der Waals surface area contributed by atoms with E-state index in [-0.39, 0.29) is 0 Å². The molecule has 0 spiro atoms. The Labute approximate surface area is 305 Å². The molecule has 248 valence electrons. The van der Waals surface area contributed by atoms with E-state index < -0.39 is 0 Å². The fourth-order valence-corrected chi connectivity index (χ4v) is 7.25. The van der Waals surface area contributed by atoms with Crippen molar-refractivity contribution in [1.29, 1.82) is 0 Å². The molecule has 3 heterocycles. The minimum Gasteiger partial charge on any atom is -0.456 e. The highest BCUT2D eigenvalue weighted by atomic mass is 16.3. The maximum Gasteiger partial charge on any atom is 0.164 e. The summed E-state index contributed by atoms with van der Waals surface area (Å²) in [6.45, 7) is 0. The second-order valence-corrected chi connectivity index (χ2v) is 13.1. The Balaban J connectivity index is 1.19. The maximum absolute atomic E-state index is 6.30. The third-order valence-corrected chi connectivity index (χ3v) is 9.83. The van der Waals surface area contributed by atoms with E-state index in [0.29, 0.717) is 17.5 Å². The fraction of sp³-hybridized carbons (Fsp3) is 0. The number of benzene rings is 7. The number of nitrogens with zero attached hydrogens (tertiary/aromatic N) is 4. The van der Waals surface area contributed by atoms with Gasteiger partial charge in [0.1, 0.15) is 11.2 Å². The Hall–Kier alpha value is -7.24. The van der Waals surface area contributed by atoms with Gasteiger partial charge in [0.2, 0.25) is 0 Å². The van der Waals surface area contributed by atoms with Gasteiger partial charge in [-0.2, -0.15) is 0 Å². The second kappa shape index (κ2) is 12.8. The van der Waals surface area contributed by atoms with Crippen molar-refractivity contribution in [2.75, 3.05) is 0 Å². The molecule has 0 unspecified atom stereocenters. The lowest BCUT2D eigenvalue weighted by molar-refractivity contribution is 0.669. The fourth-order valence-electron chi connectivity index (χ4n) is 7.25. The summed E-state index contributed by atoms with van der Waals surface area (Å²) in [7, 11) is 0. The summed E-state index contributed by atoms with van der Waals surface area (Å²) in [5.41, 5.74) is 10.9. The molecule has 0 atom stereocenters. The topological polar surface area (TPSA) is 64.7 Å². The molecular weight excluding hydrogens is 649 g/mol. The van der Waals surface area contributed by atoms with E-state index in [0.717, 1.165) is 77.2 Å². The molecule has 0 bridgehead atoms. The number of aromatic nitrogens is 4. The maximum atomic E-state index is 6.30. The van der Waals surface area contributed by atoms with Gasteiger partial charge < -0.3 is 4.42 Å². The lowest BCUT2D eigenvalue weighted by atomic mass is 9.94. The second-order valence-electron chi connectivity index (χ2n) is 13.1. The molecule has 0 aliphatic heterocycles. The lowest BCUT2D eigenvalue weighted by Gasteiger charge is -2.14. The van der Waals surface area contributed by atoms with Crippen molar-refractivity contribution in [1.82, 2.24) is 19.9 Å². The SMILES string of the molecule is c1ccc(-c2nc(-c3cc(-c4ccncc4)cc(-c4ccc5c(c4)oc4ccccc45)c3)nc(-c3ccc(-c4ccccc4)c4ccccc34)n2)cc1. The number of para-hydroxylation sites is 1. The van der Waals surface area contributed by atoms with Crippen LogP contribution in [0.25, 0.3) is 100 Å². The van der Waals surface area contributed by atoms with E-state index in [1.165, 1.54) is 5.56 Å². The van der Waals surface area contributed by atoms with Crippen molar-refractivity contribution < 1.29 is 4.42 Å². The van der Waals surface area contributed by atoms with E-state index in [4.69, 9.17) is 19.4 Å². The summed E-state index contributed by atoms with van der Waals surface area (Å²) >= 11 is 0. The summed E-state index contributed by atoms with van der Waals surface area (Å²) in [4.78, 5) is 19.8. The van der Waals surface area contributed by atoms with Gasteiger partial charge in [0.15, 0.2) is 17.5 Å². The van der Waals surface area contributed by atoms with Gasteiger partial charge in [-0.1, -0.05) is 115 Å². The van der Waals surface area contributed by atoms with Crippen molar-refractivity contribution in [2.24, 2.45) is 0 Å². The van der Waals surface area contributed by atoms with Crippen molar-refractivity contribution in [3.05, 3.63) is 182 Å². The quantitative estimate of drug-likeness (QED) is 0.175. The van der Waals surface area contributed by atoms with Gasteiger partial charge in [0, 0.05) is 39.9 Å². The monoisotopic (exact) mass is 678 g/mol. The molecule has 5 heteroatoms. The first kappa shape index (κ1) is 30.6. The molecule has 5 nitrogen and oxygen atoms in total. The van der Waals surface area contributed by atoms with Gasteiger partial charge in [0.25, 0.3) is 0 Å². The number of fused-ring (bicyclic) bond motifs is 4. The van der Waals surface area contributed by atoms with Crippen LogP contribution in [0.3, 0.4) is 0 Å². The van der Waals surface area contributed by atoms with Gasteiger partial charge in [-0.05, 0) is 98.8 Å². The highest BCUT2D eigenvalue weighted by Crippen LogP contribution is 2.38. The van der Waals surface area contributed by atoms with Crippen molar-refractivity contribution >= 4 is 32.7 Å². The number of pyridine rings is 1. The molecule has 53 heavy (non-hydrogen) atoms. The van der Waals surface area contributed by atoms with Crippen molar-refractivity contribution in [3.8, 4) is 67.5 Å². The van der Waals surface area contributed by atoms with Crippen LogP contribution in [0.15, 0.2) is 187 Å². The first-order valence-electron chi connectivity index (χ1n) is 17.6. The van der Waals surface area contributed by atoms with Crippen molar-refractivity contribution in [2.45, 2.75) is 0 Å². The normalized spacial score (nSPS) is 11.4. The number of hydrogen-bond donors (Lipinski definition) is 0. The summed E-state index contributed by atoms with van der Waals surface area (Å²) in [5, 5.41) is 4.42. The summed E-state index contributed by atoms with van der Waals surface area (Å²) in [6, 6.07) is 58.6. The van der Waals surface area contributed by atoms with Gasteiger partial charge in [-0.15, -0.1) is 0 Å². The van der Waals surface area contributed by atoms with Crippen LogP contribution in [0.5, 0.6) is 0 Å². The first-order valence-corrected chi connectivity index (χ1v) is 17.6. The predicted octanol–water partition coefficient (Wildman–Crippen LogP) is 12.3. The largest absolute Gasteiger partial charge is 0.456 e. The third kappa shape index (κ3) is 5.61. The molecule has 7 aromatic carbocycles. The van der Waals surface area contributed by atoms with E-state index >= 15 is 0 Å². The lowest BCUT2D eigenvalue weighted by Crippen LogP contribution is -2.01. The molecule has 10 aromatic rings. The van der Waals surface area contributed by atoms with Crippen LogP contribution in [0, 0.1) is 0 Å². The zero-order valence-electron chi connectivity index (χ0n) is 28.5. The average molecular weight is 679 g/mol. The molecule has 0 fully saturated rings. The minimum absolute atomic E-state index is 0.590. The number of hydrogen-bond acceptors (Lipinski definition) is 5. The third-order valence-electron chi connectivity index (χ3n) is 9.83. The Morgan fingerprint density at radius 3 is 1.60 bits per heavy atom. The minimum atomic E-state index is 0.590. The van der Waals surface area contributed by atoms with Crippen LogP contribution < -0.4 is 0 Å². The Morgan fingerprint density at radius 1 is 0.302 bits per heavy atom. The summed E-state index contributed by atoms with van der Waals surface area (Å²) in [5.74, 6) is 1.82. The van der Waals surface area contributed by atoms with E-state index in [1.54, 1.807) is 0 Å². The van der Waals surface area contributed by atoms with E-state index in [9.17, 15) is 0 Å². The molecule has 0 aliphatic rings. The van der Waals surface area contributed by atoms with Crippen LogP contribution in [0.2, 0.25) is 0 Å². The van der Waals surface area contributed by atoms with Gasteiger partial charge >= 0.3 is 0 Å². The summed E-state index contributed by atoms with van der Waals surface area (Å²) in [6.07, 6.45) is 3.64. The van der Waals surface area contributed by atoms with Gasteiger partial charge in [-0.3, -0.25) is 4.98 Å². The highest BCUT2D eigenvalue weighted by molar-refractivity contribution is 6.06. The Kier molecular flexibility index (Phi) is 7.40. The molecule has 0 aliphatic carbocycles. The van der Waals surface area contributed by atoms with Gasteiger partial charge in [0.05, 0.1) is 0 Å². The zero-order valence-corrected chi connectivity index (χ0v) is 28.5. The van der Waals surface area contributed by atoms with Crippen LogP contribution >= 0.6 is 0 Å². The van der Waals surface area contributed by atoms with Gasteiger partial charge in [-0.25, -0.2) is 15.0 Å². The highest BCUT2D eigenvalue weighted by Gasteiger charge is 2.18. The van der Waals surface area contributed by atoms with Crippen molar-refractivity contribution in [3.63, 3.8) is 0 Å². The van der Waals surface area contributed by atoms with Crippen LogP contribution in [-0.4, -0.2) is 19.9 Å². The molecule has 10 rings (SSSR count). The molecule has 0 saturated carbocycles. The Bertz CT molecular complexity index is 2940. The van der Waals surface area contributed by atoms with E-state index in [2.05, 4.69) is 108 Å².